The SMILES string of the molecule is CO[C@@H]1N(c2ccc(C#N)cc2)N=C(C(F)(F)F)[C@]12CC(C(F)(F)F)=NN2c1ccc(C#N)cc1. The van der Waals surface area contributed by atoms with Crippen molar-refractivity contribution in [3.8, 4) is 12.1 Å². The van der Waals surface area contributed by atoms with Gasteiger partial charge in [-0.3, -0.25) is 0 Å². The maximum absolute atomic E-state index is 14.3. The van der Waals surface area contributed by atoms with Crippen LogP contribution < -0.4 is 10.0 Å². The highest BCUT2D eigenvalue weighted by Crippen LogP contribution is 2.49. The minimum absolute atomic E-state index is 0.0645. The van der Waals surface area contributed by atoms with Gasteiger partial charge in [0.2, 0.25) is 0 Å². The predicted molar refractivity (Wildman–Crippen MR) is 112 cm³/mol. The van der Waals surface area contributed by atoms with Crippen molar-refractivity contribution >= 4 is 22.8 Å². The Morgan fingerprint density at radius 3 is 1.80 bits per heavy atom. The van der Waals surface area contributed by atoms with E-state index in [2.05, 4.69) is 10.2 Å². The first-order valence-electron chi connectivity index (χ1n) is 9.89. The van der Waals surface area contributed by atoms with Gasteiger partial charge in [-0.15, -0.1) is 0 Å². The fourth-order valence-corrected chi connectivity index (χ4v) is 4.12. The van der Waals surface area contributed by atoms with Crippen LogP contribution in [-0.4, -0.2) is 42.7 Å². The molecule has 0 bridgehead atoms. The molecule has 0 saturated carbocycles. The molecular weight excluding hydrogens is 478 g/mol. The molecule has 2 heterocycles. The molecule has 2 aromatic carbocycles. The number of anilines is 2. The lowest BCUT2D eigenvalue weighted by molar-refractivity contribution is -0.0684. The van der Waals surface area contributed by atoms with Crippen LogP contribution in [0.3, 0.4) is 0 Å². The number of ether oxygens (including phenoxy) is 1. The molecule has 0 saturated heterocycles. The fraction of sp³-hybridized carbons (Fsp3) is 0.273. The van der Waals surface area contributed by atoms with Crippen LogP contribution in [0.15, 0.2) is 58.7 Å². The van der Waals surface area contributed by atoms with Crippen molar-refractivity contribution in [2.75, 3.05) is 17.1 Å². The Bertz CT molecular complexity index is 1270. The minimum atomic E-state index is -5.15. The largest absolute Gasteiger partial charge is 0.433 e. The molecule has 7 nitrogen and oxygen atoms in total. The van der Waals surface area contributed by atoms with E-state index in [1.54, 1.807) is 0 Å². The molecule has 0 aromatic heterocycles. The van der Waals surface area contributed by atoms with E-state index in [-0.39, 0.29) is 22.5 Å². The van der Waals surface area contributed by atoms with E-state index >= 15 is 0 Å². The first kappa shape index (κ1) is 24.0. The second kappa shape index (κ2) is 8.29. The maximum atomic E-state index is 14.3. The van der Waals surface area contributed by atoms with Gasteiger partial charge in [-0.25, -0.2) is 10.0 Å². The van der Waals surface area contributed by atoms with E-state index in [0.717, 1.165) is 12.1 Å². The highest BCUT2D eigenvalue weighted by molar-refractivity contribution is 6.11. The summed E-state index contributed by atoms with van der Waals surface area (Å²) in [5, 5.41) is 26.7. The van der Waals surface area contributed by atoms with E-state index in [1.807, 2.05) is 12.1 Å². The number of alkyl halides is 6. The number of hydrogen-bond acceptors (Lipinski definition) is 7. The van der Waals surface area contributed by atoms with Gasteiger partial charge in [-0.2, -0.15) is 47.1 Å². The lowest BCUT2D eigenvalue weighted by Gasteiger charge is -2.40. The average molecular weight is 492 g/mol. The van der Waals surface area contributed by atoms with Gasteiger partial charge in [0.25, 0.3) is 0 Å². The van der Waals surface area contributed by atoms with Crippen LogP contribution in [0, 0.1) is 22.7 Å². The minimum Gasteiger partial charge on any atom is -0.357 e. The lowest BCUT2D eigenvalue weighted by atomic mass is 9.85. The number of nitrogens with zero attached hydrogens (tertiary/aromatic N) is 6. The molecule has 13 heteroatoms. The van der Waals surface area contributed by atoms with Crippen molar-refractivity contribution in [2.24, 2.45) is 10.2 Å². The number of methoxy groups -OCH3 is 1. The van der Waals surface area contributed by atoms with E-state index < -0.39 is 42.0 Å². The number of benzene rings is 2. The monoisotopic (exact) mass is 492 g/mol. The van der Waals surface area contributed by atoms with E-state index in [9.17, 15) is 26.3 Å². The molecule has 0 aliphatic carbocycles. The zero-order valence-corrected chi connectivity index (χ0v) is 17.8. The predicted octanol–water partition coefficient (Wildman–Crippen LogP) is 4.71. The summed E-state index contributed by atoms with van der Waals surface area (Å²) in [5.41, 5.74) is -5.20. The molecule has 4 rings (SSSR count). The van der Waals surface area contributed by atoms with Crippen LogP contribution >= 0.6 is 0 Å². The van der Waals surface area contributed by atoms with Gasteiger partial charge in [0, 0.05) is 13.5 Å². The van der Waals surface area contributed by atoms with Crippen LogP contribution in [0.4, 0.5) is 37.7 Å². The van der Waals surface area contributed by atoms with Crippen molar-refractivity contribution < 1.29 is 31.1 Å². The van der Waals surface area contributed by atoms with Gasteiger partial charge < -0.3 is 4.74 Å². The Labute approximate surface area is 194 Å². The molecule has 2 atom stereocenters. The van der Waals surface area contributed by atoms with Crippen LogP contribution in [0.2, 0.25) is 0 Å². The molecule has 2 aliphatic rings. The molecule has 180 valence electrons. The first-order valence-corrected chi connectivity index (χ1v) is 9.89. The molecule has 0 unspecified atom stereocenters. The van der Waals surface area contributed by atoms with Crippen molar-refractivity contribution in [1.29, 1.82) is 10.5 Å². The summed E-state index contributed by atoms with van der Waals surface area (Å²) in [4.78, 5) is 0. The summed E-state index contributed by atoms with van der Waals surface area (Å²) in [7, 11) is 1.06. The van der Waals surface area contributed by atoms with Crippen LogP contribution in [0.1, 0.15) is 17.5 Å². The Morgan fingerprint density at radius 1 is 0.857 bits per heavy atom. The van der Waals surface area contributed by atoms with E-state index in [1.165, 1.54) is 48.5 Å². The molecule has 2 aromatic rings. The topological polar surface area (TPSA) is 88.0 Å². The smallest absolute Gasteiger partial charge is 0.357 e. The zero-order chi connectivity index (χ0) is 25.6. The lowest BCUT2D eigenvalue weighted by Crippen LogP contribution is -2.62. The summed E-state index contributed by atoms with van der Waals surface area (Å²) in [6.45, 7) is 0. The number of nitriles is 2. The number of rotatable bonds is 3. The molecule has 35 heavy (non-hydrogen) atoms. The van der Waals surface area contributed by atoms with Gasteiger partial charge in [0.1, 0.15) is 5.71 Å². The highest BCUT2D eigenvalue weighted by Gasteiger charge is 2.68. The van der Waals surface area contributed by atoms with Crippen LogP contribution in [0.25, 0.3) is 0 Å². The third-order valence-corrected chi connectivity index (χ3v) is 5.60. The Kier molecular flexibility index (Phi) is 5.69. The van der Waals surface area contributed by atoms with Crippen molar-refractivity contribution in [3.63, 3.8) is 0 Å². The number of hydrazone groups is 2. The van der Waals surface area contributed by atoms with Crippen molar-refractivity contribution in [3.05, 3.63) is 59.7 Å². The third kappa shape index (κ3) is 3.94. The first-order chi connectivity index (χ1) is 16.5. The quantitative estimate of drug-likeness (QED) is 0.580. The molecular formula is C22H14F6N6O. The Balaban J connectivity index is 1.93. The maximum Gasteiger partial charge on any atom is 0.433 e. The van der Waals surface area contributed by atoms with Crippen molar-refractivity contribution in [2.45, 2.75) is 30.5 Å². The standard InChI is InChI=1S/C22H14F6N6O/c1-35-19-20(18(22(26,27)28)32-33(19)15-6-2-13(11-29)3-7-15)10-17(21(23,24)25)31-34(20)16-8-4-14(12-30)5-9-16/h2-9,19H,10H2,1H3/t19-,20+/m0/s1. The van der Waals surface area contributed by atoms with Gasteiger partial charge in [-0.1, -0.05) is 0 Å². The molecule has 1 spiro atoms. The Morgan fingerprint density at radius 2 is 1.37 bits per heavy atom. The summed E-state index contributed by atoms with van der Waals surface area (Å²) in [6.07, 6.45) is -13.1. The summed E-state index contributed by atoms with van der Waals surface area (Å²) < 4.78 is 89.7. The zero-order valence-electron chi connectivity index (χ0n) is 17.8. The Hall–Kier alpha value is -4.10. The molecule has 0 N–H and O–H groups in total. The van der Waals surface area contributed by atoms with E-state index in [0.29, 0.717) is 5.01 Å². The van der Waals surface area contributed by atoms with Crippen molar-refractivity contribution in [1.82, 2.24) is 0 Å². The number of hydrogen-bond donors (Lipinski definition) is 0. The fourth-order valence-electron chi connectivity index (χ4n) is 4.12. The van der Waals surface area contributed by atoms with Crippen LogP contribution in [0.5, 0.6) is 0 Å². The second-order valence-electron chi connectivity index (χ2n) is 7.65. The van der Waals surface area contributed by atoms with Gasteiger partial charge in [0.05, 0.1) is 34.6 Å². The normalized spacial score (nSPS) is 22.1. The van der Waals surface area contributed by atoms with Gasteiger partial charge >= 0.3 is 12.4 Å². The van der Waals surface area contributed by atoms with Gasteiger partial charge in [-0.05, 0) is 48.5 Å². The van der Waals surface area contributed by atoms with E-state index in [4.69, 9.17) is 15.3 Å². The highest BCUT2D eigenvalue weighted by atomic mass is 19.4. The van der Waals surface area contributed by atoms with Gasteiger partial charge in [0.15, 0.2) is 17.5 Å². The molecule has 0 radical (unpaired) electrons. The molecule has 0 amide bonds. The second-order valence-corrected chi connectivity index (χ2v) is 7.65. The average Bonchev–Trinajstić information content (AvgIpc) is 3.38. The summed E-state index contributed by atoms with van der Waals surface area (Å²) >= 11 is 0. The summed E-state index contributed by atoms with van der Waals surface area (Å²) in [6, 6.07) is 13.9. The summed E-state index contributed by atoms with van der Waals surface area (Å²) in [5.74, 6) is 0. The number of halogens is 6. The third-order valence-electron chi connectivity index (χ3n) is 5.60. The van der Waals surface area contributed by atoms with Crippen LogP contribution in [-0.2, 0) is 4.74 Å². The molecule has 0 fully saturated rings. The molecule has 2 aliphatic heterocycles.